The van der Waals surface area contributed by atoms with Gasteiger partial charge in [-0.05, 0) is 12.1 Å². The zero-order valence-electron chi connectivity index (χ0n) is 8.97. The summed E-state index contributed by atoms with van der Waals surface area (Å²) >= 11 is 0. The normalized spacial score (nSPS) is 10.6. The van der Waals surface area contributed by atoms with Gasteiger partial charge in [0, 0.05) is 13.7 Å². The van der Waals surface area contributed by atoms with E-state index in [9.17, 15) is 0 Å². The van der Waals surface area contributed by atoms with Crippen LogP contribution in [0.3, 0.4) is 0 Å². The Kier molecular flexibility index (Phi) is 3.11. The van der Waals surface area contributed by atoms with E-state index in [0.29, 0.717) is 24.6 Å². The van der Waals surface area contributed by atoms with Gasteiger partial charge >= 0.3 is 0 Å². The number of ether oxygens (including phenoxy) is 1. The number of nitrogens with zero attached hydrogens (tertiary/aromatic N) is 3. The Bertz CT molecular complexity index is 488. The van der Waals surface area contributed by atoms with Crippen molar-refractivity contribution in [1.82, 2.24) is 15.0 Å². The molecule has 0 saturated carbocycles. The lowest BCUT2D eigenvalue weighted by atomic mass is 10.3. The Balaban J connectivity index is 2.30. The van der Waals surface area contributed by atoms with Crippen LogP contribution < -0.4 is 11.1 Å². The summed E-state index contributed by atoms with van der Waals surface area (Å²) in [5, 5.41) is 4.01. The van der Waals surface area contributed by atoms with E-state index < -0.39 is 0 Å². The molecule has 2 rings (SSSR count). The van der Waals surface area contributed by atoms with E-state index in [1.165, 1.54) is 6.33 Å². The average Bonchev–Trinajstić information content (AvgIpc) is 2.29. The zero-order valence-corrected chi connectivity index (χ0v) is 8.97. The average molecular weight is 219 g/mol. The van der Waals surface area contributed by atoms with Crippen LogP contribution in [-0.2, 0) is 4.74 Å². The van der Waals surface area contributed by atoms with Crippen molar-refractivity contribution in [1.29, 1.82) is 0 Å². The molecular weight excluding hydrogens is 206 g/mol. The molecular formula is C10H13N5O. The van der Waals surface area contributed by atoms with Crippen molar-refractivity contribution in [3.8, 4) is 0 Å². The van der Waals surface area contributed by atoms with E-state index in [1.54, 1.807) is 13.2 Å². The van der Waals surface area contributed by atoms with Gasteiger partial charge in [0.1, 0.15) is 18.0 Å². The number of aromatic nitrogens is 3. The predicted molar refractivity (Wildman–Crippen MR) is 62.1 cm³/mol. The summed E-state index contributed by atoms with van der Waals surface area (Å²) in [7, 11) is 1.65. The number of nitrogens with two attached hydrogens (primary N) is 1. The third-order valence-corrected chi connectivity index (χ3v) is 2.12. The highest BCUT2D eigenvalue weighted by Crippen LogP contribution is 2.17. The van der Waals surface area contributed by atoms with E-state index >= 15 is 0 Å². The van der Waals surface area contributed by atoms with Gasteiger partial charge in [-0.15, -0.1) is 0 Å². The largest absolute Gasteiger partial charge is 0.384 e. The lowest BCUT2D eigenvalue weighted by Crippen LogP contribution is -2.09. The molecule has 0 saturated heterocycles. The number of anilines is 2. The quantitative estimate of drug-likeness (QED) is 0.735. The summed E-state index contributed by atoms with van der Waals surface area (Å²) in [5.74, 6) is 1.20. The fourth-order valence-electron chi connectivity index (χ4n) is 1.37. The second-order valence-corrected chi connectivity index (χ2v) is 3.25. The molecule has 0 bridgehead atoms. The minimum atomic E-state index is 0.453. The highest BCUT2D eigenvalue weighted by atomic mass is 16.5. The van der Waals surface area contributed by atoms with Crippen LogP contribution in [0, 0.1) is 0 Å². The maximum atomic E-state index is 5.58. The first kappa shape index (κ1) is 10.6. The Morgan fingerprint density at radius 2 is 2.25 bits per heavy atom. The number of nitrogen functional groups attached to an aromatic ring is 1. The van der Waals surface area contributed by atoms with Crippen molar-refractivity contribution in [2.24, 2.45) is 0 Å². The molecule has 16 heavy (non-hydrogen) atoms. The third kappa shape index (κ3) is 2.17. The Morgan fingerprint density at radius 1 is 1.38 bits per heavy atom. The number of hydrogen-bond acceptors (Lipinski definition) is 6. The molecule has 0 aliphatic carbocycles. The lowest BCUT2D eigenvalue weighted by Gasteiger charge is -2.07. The van der Waals surface area contributed by atoms with Crippen molar-refractivity contribution in [3.05, 3.63) is 18.5 Å². The Morgan fingerprint density at radius 3 is 3.06 bits per heavy atom. The molecule has 2 heterocycles. The van der Waals surface area contributed by atoms with Gasteiger partial charge in [-0.1, -0.05) is 0 Å². The first-order valence-corrected chi connectivity index (χ1v) is 4.91. The third-order valence-electron chi connectivity index (χ3n) is 2.12. The molecule has 0 atom stereocenters. The molecule has 2 aromatic rings. The minimum absolute atomic E-state index is 0.453. The second-order valence-electron chi connectivity index (χ2n) is 3.25. The van der Waals surface area contributed by atoms with Gasteiger partial charge in [-0.3, -0.25) is 0 Å². The first-order valence-electron chi connectivity index (χ1n) is 4.91. The van der Waals surface area contributed by atoms with Crippen molar-refractivity contribution in [2.75, 3.05) is 31.3 Å². The number of hydrogen-bond donors (Lipinski definition) is 2. The van der Waals surface area contributed by atoms with E-state index in [4.69, 9.17) is 10.5 Å². The fourth-order valence-corrected chi connectivity index (χ4v) is 1.37. The van der Waals surface area contributed by atoms with Crippen LogP contribution in [0.5, 0.6) is 0 Å². The minimum Gasteiger partial charge on any atom is -0.384 e. The summed E-state index contributed by atoms with van der Waals surface area (Å²) in [6.07, 6.45) is 1.46. The predicted octanol–water partition coefficient (Wildman–Crippen LogP) is 0.665. The van der Waals surface area contributed by atoms with Crippen LogP contribution in [0.4, 0.5) is 11.6 Å². The van der Waals surface area contributed by atoms with Gasteiger partial charge in [0.25, 0.3) is 0 Å². The first-order chi connectivity index (χ1) is 7.81. The highest BCUT2D eigenvalue weighted by Gasteiger charge is 2.03. The van der Waals surface area contributed by atoms with Gasteiger partial charge in [-0.25, -0.2) is 15.0 Å². The fraction of sp³-hybridized carbons (Fsp3) is 0.300. The van der Waals surface area contributed by atoms with Crippen molar-refractivity contribution < 1.29 is 4.74 Å². The van der Waals surface area contributed by atoms with Crippen molar-refractivity contribution in [3.63, 3.8) is 0 Å². The molecule has 0 spiro atoms. The van der Waals surface area contributed by atoms with Crippen molar-refractivity contribution in [2.45, 2.75) is 0 Å². The molecule has 0 fully saturated rings. The molecule has 3 N–H and O–H groups in total. The Hall–Kier alpha value is -1.95. The van der Waals surface area contributed by atoms with E-state index in [-0.39, 0.29) is 0 Å². The van der Waals surface area contributed by atoms with Gasteiger partial charge < -0.3 is 15.8 Å². The Labute approximate surface area is 92.9 Å². The maximum Gasteiger partial charge on any atom is 0.166 e. The molecule has 2 aromatic heterocycles. The van der Waals surface area contributed by atoms with E-state index in [0.717, 1.165) is 11.2 Å². The number of methoxy groups -OCH3 is 1. The van der Waals surface area contributed by atoms with Crippen molar-refractivity contribution >= 4 is 22.7 Å². The standard InChI is InChI=1S/C10H13N5O/c1-16-5-4-12-9-7-2-3-8(11)15-10(7)14-6-13-9/h2-3,6H,4-5H2,1H3,(H3,11,12,13,14,15). The van der Waals surface area contributed by atoms with Crippen LogP contribution in [0.25, 0.3) is 11.0 Å². The lowest BCUT2D eigenvalue weighted by molar-refractivity contribution is 0.210. The maximum absolute atomic E-state index is 5.58. The summed E-state index contributed by atoms with van der Waals surface area (Å²) in [6.45, 7) is 1.31. The number of rotatable bonds is 4. The molecule has 6 heteroatoms. The van der Waals surface area contributed by atoms with Gasteiger partial charge in [0.05, 0.1) is 12.0 Å². The molecule has 0 aliphatic rings. The summed E-state index contributed by atoms with van der Waals surface area (Å²) in [6, 6.07) is 3.58. The van der Waals surface area contributed by atoms with E-state index in [2.05, 4.69) is 20.3 Å². The highest BCUT2D eigenvalue weighted by molar-refractivity contribution is 5.86. The molecule has 0 amide bonds. The van der Waals surface area contributed by atoms with E-state index in [1.807, 2.05) is 6.07 Å². The van der Waals surface area contributed by atoms with Crippen LogP contribution in [0.1, 0.15) is 0 Å². The zero-order chi connectivity index (χ0) is 11.4. The molecule has 0 radical (unpaired) electrons. The van der Waals surface area contributed by atoms with Gasteiger partial charge in [-0.2, -0.15) is 0 Å². The summed E-state index contributed by atoms with van der Waals surface area (Å²) in [4.78, 5) is 12.3. The smallest absolute Gasteiger partial charge is 0.166 e. The van der Waals surface area contributed by atoms with Gasteiger partial charge in [0.15, 0.2) is 5.65 Å². The summed E-state index contributed by atoms with van der Waals surface area (Å²) < 4.78 is 4.95. The second kappa shape index (κ2) is 4.71. The number of fused-ring (bicyclic) bond motifs is 1. The van der Waals surface area contributed by atoms with Crippen LogP contribution in [0.2, 0.25) is 0 Å². The topological polar surface area (TPSA) is 86.0 Å². The number of pyridine rings is 1. The van der Waals surface area contributed by atoms with Crippen LogP contribution in [0.15, 0.2) is 18.5 Å². The van der Waals surface area contributed by atoms with Gasteiger partial charge in [0.2, 0.25) is 0 Å². The van der Waals surface area contributed by atoms with Crippen LogP contribution >= 0.6 is 0 Å². The molecule has 0 unspecified atom stereocenters. The number of nitrogens with one attached hydrogen (secondary N) is 1. The molecule has 84 valence electrons. The molecule has 0 aliphatic heterocycles. The SMILES string of the molecule is COCCNc1ncnc2nc(N)ccc12. The molecule has 6 nitrogen and oxygen atoms in total. The summed E-state index contributed by atoms with van der Waals surface area (Å²) in [5.41, 5.74) is 6.18. The van der Waals surface area contributed by atoms with Crippen LogP contribution in [-0.4, -0.2) is 35.2 Å². The monoisotopic (exact) mass is 219 g/mol. The molecule has 0 aromatic carbocycles.